The quantitative estimate of drug-likeness (QED) is 0.794. The second-order valence-corrected chi connectivity index (χ2v) is 8.02. The minimum Gasteiger partial charge on any atom is -0.472 e. The average molecular weight is 399 g/mol. The van der Waals surface area contributed by atoms with Gasteiger partial charge in [-0.05, 0) is 24.3 Å². The number of carbonyl (C=O) groups is 1. The Hall–Kier alpha value is -1.64. The molecule has 0 spiro atoms. The number of amides is 1. The molecule has 3 rings (SSSR count). The van der Waals surface area contributed by atoms with Crippen LogP contribution < -0.4 is 0 Å². The Labute approximate surface area is 142 Å². The minimum absolute atomic E-state index is 0.141. The van der Waals surface area contributed by atoms with Gasteiger partial charge < -0.3 is 9.32 Å². The van der Waals surface area contributed by atoms with Crippen molar-refractivity contribution in [2.24, 2.45) is 0 Å². The summed E-state index contributed by atoms with van der Waals surface area (Å²) in [6, 6.07) is 8.23. The third kappa shape index (κ3) is 3.34. The number of sulfonamides is 1. The third-order valence-electron chi connectivity index (χ3n) is 3.73. The standard InChI is InChI=1S/C15H15BrN2O4S/c16-13-2-1-3-14(10-13)23(20,21)18-7-5-17(6-8-18)15(19)12-4-9-22-11-12/h1-4,9-11H,5-8H2. The number of halogens is 1. The summed E-state index contributed by atoms with van der Waals surface area (Å²) in [7, 11) is -3.54. The molecule has 23 heavy (non-hydrogen) atoms. The fraction of sp³-hybridized carbons (Fsp3) is 0.267. The van der Waals surface area contributed by atoms with E-state index in [1.165, 1.54) is 16.8 Å². The van der Waals surface area contributed by atoms with Gasteiger partial charge in [0.2, 0.25) is 10.0 Å². The van der Waals surface area contributed by atoms with E-state index in [-0.39, 0.29) is 23.9 Å². The topological polar surface area (TPSA) is 70.8 Å². The number of hydrogen-bond acceptors (Lipinski definition) is 4. The number of furan rings is 1. The van der Waals surface area contributed by atoms with Gasteiger partial charge in [0, 0.05) is 30.7 Å². The summed E-state index contributed by atoms with van der Waals surface area (Å²) >= 11 is 3.28. The number of nitrogens with zero attached hydrogens (tertiary/aromatic N) is 2. The molecule has 1 fully saturated rings. The molecule has 1 amide bonds. The third-order valence-corrected chi connectivity index (χ3v) is 6.12. The van der Waals surface area contributed by atoms with Crippen molar-refractivity contribution in [3.63, 3.8) is 0 Å². The van der Waals surface area contributed by atoms with Crippen molar-refractivity contribution in [1.82, 2.24) is 9.21 Å². The molecule has 0 bridgehead atoms. The van der Waals surface area contributed by atoms with Crippen LogP contribution in [0.1, 0.15) is 10.4 Å². The molecule has 0 N–H and O–H groups in total. The van der Waals surface area contributed by atoms with Crippen LogP contribution in [0.5, 0.6) is 0 Å². The molecule has 0 radical (unpaired) electrons. The number of carbonyl (C=O) groups excluding carboxylic acids is 1. The van der Waals surface area contributed by atoms with Crippen molar-refractivity contribution < 1.29 is 17.6 Å². The van der Waals surface area contributed by atoms with E-state index in [0.29, 0.717) is 23.1 Å². The minimum atomic E-state index is -3.54. The van der Waals surface area contributed by atoms with Gasteiger partial charge in [-0.1, -0.05) is 22.0 Å². The molecule has 1 aliphatic rings. The van der Waals surface area contributed by atoms with Crippen molar-refractivity contribution in [2.75, 3.05) is 26.2 Å². The second-order valence-electron chi connectivity index (χ2n) is 5.17. The SMILES string of the molecule is O=C(c1ccoc1)N1CCN(S(=O)(=O)c2cccc(Br)c2)CC1. The zero-order valence-electron chi connectivity index (χ0n) is 12.2. The summed E-state index contributed by atoms with van der Waals surface area (Å²) in [5, 5.41) is 0. The van der Waals surface area contributed by atoms with E-state index in [2.05, 4.69) is 15.9 Å². The predicted octanol–water partition coefficient (Wildman–Crippen LogP) is 2.19. The van der Waals surface area contributed by atoms with Crippen molar-refractivity contribution in [3.05, 3.63) is 52.9 Å². The van der Waals surface area contributed by atoms with Gasteiger partial charge in [-0.2, -0.15) is 4.31 Å². The van der Waals surface area contributed by atoms with Crippen LogP contribution in [0.3, 0.4) is 0 Å². The van der Waals surface area contributed by atoms with Gasteiger partial charge in [0.15, 0.2) is 0 Å². The number of benzene rings is 1. The fourth-order valence-electron chi connectivity index (χ4n) is 2.48. The lowest BCUT2D eigenvalue weighted by atomic mass is 10.2. The van der Waals surface area contributed by atoms with E-state index in [1.807, 2.05) is 0 Å². The normalized spacial score (nSPS) is 16.5. The van der Waals surface area contributed by atoms with Crippen molar-refractivity contribution in [2.45, 2.75) is 4.90 Å². The van der Waals surface area contributed by atoms with E-state index in [9.17, 15) is 13.2 Å². The molecule has 1 aromatic heterocycles. The highest BCUT2D eigenvalue weighted by atomic mass is 79.9. The molecule has 1 aliphatic heterocycles. The monoisotopic (exact) mass is 398 g/mol. The van der Waals surface area contributed by atoms with Gasteiger partial charge >= 0.3 is 0 Å². The number of hydrogen-bond donors (Lipinski definition) is 0. The first-order valence-corrected chi connectivity index (χ1v) is 9.29. The molecule has 1 saturated heterocycles. The average Bonchev–Trinajstić information content (AvgIpc) is 3.09. The van der Waals surface area contributed by atoms with E-state index >= 15 is 0 Å². The van der Waals surface area contributed by atoms with E-state index in [1.54, 1.807) is 35.2 Å². The highest BCUT2D eigenvalue weighted by molar-refractivity contribution is 9.10. The molecule has 0 unspecified atom stereocenters. The van der Waals surface area contributed by atoms with Crippen LogP contribution in [0.2, 0.25) is 0 Å². The van der Waals surface area contributed by atoms with Crippen molar-refractivity contribution in [3.8, 4) is 0 Å². The summed E-state index contributed by atoms with van der Waals surface area (Å²) in [5.41, 5.74) is 0.480. The highest BCUT2D eigenvalue weighted by Crippen LogP contribution is 2.21. The maximum atomic E-state index is 12.6. The summed E-state index contributed by atoms with van der Waals surface area (Å²) < 4.78 is 32.3. The maximum absolute atomic E-state index is 12.6. The Morgan fingerprint density at radius 1 is 1.13 bits per heavy atom. The molecule has 8 heteroatoms. The van der Waals surface area contributed by atoms with E-state index in [0.717, 1.165) is 0 Å². The van der Waals surface area contributed by atoms with Crippen LogP contribution >= 0.6 is 15.9 Å². The Bertz CT molecular complexity index is 797. The van der Waals surface area contributed by atoms with Gasteiger partial charge in [0.25, 0.3) is 5.91 Å². The van der Waals surface area contributed by atoms with Crippen molar-refractivity contribution in [1.29, 1.82) is 0 Å². The molecular formula is C15H15BrN2O4S. The van der Waals surface area contributed by atoms with Gasteiger partial charge in [-0.25, -0.2) is 8.42 Å². The number of rotatable bonds is 3. The van der Waals surface area contributed by atoms with Crippen LogP contribution in [-0.4, -0.2) is 49.7 Å². The summed E-state index contributed by atoms with van der Waals surface area (Å²) in [6.45, 7) is 1.27. The van der Waals surface area contributed by atoms with E-state index in [4.69, 9.17) is 4.42 Å². The Kier molecular flexibility index (Phi) is 4.56. The van der Waals surface area contributed by atoms with Crippen LogP contribution in [0.15, 0.2) is 56.6 Å². The predicted molar refractivity (Wildman–Crippen MR) is 87.5 cm³/mol. The zero-order chi connectivity index (χ0) is 16.4. The smallest absolute Gasteiger partial charge is 0.257 e. The first-order chi connectivity index (χ1) is 11.0. The zero-order valence-corrected chi connectivity index (χ0v) is 14.6. The number of piperazine rings is 1. The van der Waals surface area contributed by atoms with Crippen LogP contribution in [0.4, 0.5) is 0 Å². The van der Waals surface area contributed by atoms with Gasteiger partial charge in [0.05, 0.1) is 16.7 Å². The molecule has 6 nitrogen and oxygen atoms in total. The molecular weight excluding hydrogens is 384 g/mol. The first-order valence-electron chi connectivity index (χ1n) is 7.06. The Balaban J connectivity index is 1.70. The molecule has 2 aromatic rings. The molecule has 0 saturated carbocycles. The lowest BCUT2D eigenvalue weighted by Crippen LogP contribution is -2.50. The van der Waals surface area contributed by atoms with Crippen molar-refractivity contribution >= 4 is 31.9 Å². The Morgan fingerprint density at radius 3 is 2.48 bits per heavy atom. The summed E-state index contributed by atoms with van der Waals surface area (Å²) in [4.78, 5) is 14.1. The molecule has 2 heterocycles. The fourth-order valence-corrected chi connectivity index (χ4v) is 4.50. The van der Waals surface area contributed by atoms with E-state index < -0.39 is 10.0 Å². The first kappa shape index (κ1) is 16.2. The van der Waals surface area contributed by atoms with Gasteiger partial charge in [-0.3, -0.25) is 4.79 Å². The second kappa shape index (κ2) is 6.46. The molecule has 0 atom stereocenters. The van der Waals surface area contributed by atoms with Crippen LogP contribution in [0, 0.1) is 0 Å². The summed E-state index contributed by atoms with van der Waals surface area (Å²) in [6.07, 6.45) is 2.84. The largest absolute Gasteiger partial charge is 0.472 e. The summed E-state index contributed by atoms with van der Waals surface area (Å²) in [5.74, 6) is -0.141. The van der Waals surface area contributed by atoms with Crippen LogP contribution in [0.25, 0.3) is 0 Å². The molecule has 0 aliphatic carbocycles. The lowest BCUT2D eigenvalue weighted by Gasteiger charge is -2.33. The highest BCUT2D eigenvalue weighted by Gasteiger charge is 2.30. The molecule has 1 aromatic carbocycles. The maximum Gasteiger partial charge on any atom is 0.257 e. The Morgan fingerprint density at radius 2 is 1.87 bits per heavy atom. The lowest BCUT2D eigenvalue weighted by molar-refractivity contribution is 0.0697. The van der Waals surface area contributed by atoms with Crippen LogP contribution in [-0.2, 0) is 10.0 Å². The molecule has 122 valence electrons. The van der Waals surface area contributed by atoms with Gasteiger partial charge in [-0.15, -0.1) is 0 Å². The van der Waals surface area contributed by atoms with Gasteiger partial charge in [0.1, 0.15) is 6.26 Å².